The van der Waals surface area contributed by atoms with Crippen molar-refractivity contribution in [3.8, 4) is 0 Å². The fourth-order valence-electron chi connectivity index (χ4n) is 2.66. The van der Waals surface area contributed by atoms with Crippen molar-refractivity contribution in [2.45, 2.75) is 33.1 Å². The number of nitrogens with one attached hydrogen (secondary N) is 1. The number of anilines is 1. The monoisotopic (exact) mass is 310 g/mol. The molecule has 3 heteroatoms. The Kier molecular flexibility index (Phi) is 5.07. The van der Waals surface area contributed by atoms with Gasteiger partial charge in [0, 0.05) is 11.0 Å². The average Bonchev–Trinajstić information content (AvgIpc) is 2.79. The molecule has 0 aromatic heterocycles. The standard InChI is InChI=1S/C15H23BrN2/c1-12-10-13(2)15(14(16)11-12)17-6-5-9-18-7-3-4-8-18/h10-11,17H,3-9H2,1-2H3. The smallest absolute Gasteiger partial charge is 0.0514 e. The normalized spacial score (nSPS) is 16.2. The predicted octanol–water partition coefficient (Wildman–Crippen LogP) is 3.96. The highest BCUT2D eigenvalue weighted by atomic mass is 79.9. The van der Waals surface area contributed by atoms with Crippen molar-refractivity contribution < 1.29 is 0 Å². The molecule has 100 valence electrons. The third-order valence-corrected chi connectivity index (χ3v) is 4.21. The summed E-state index contributed by atoms with van der Waals surface area (Å²) in [7, 11) is 0. The number of benzene rings is 1. The average molecular weight is 311 g/mol. The van der Waals surface area contributed by atoms with E-state index in [0.29, 0.717) is 0 Å². The van der Waals surface area contributed by atoms with Crippen LogP contribution < -0.4 is 5.32 Å². The number of hydrogen-bond acceptors (Lipinski definition) is 2. The van der Waals surface area contributed by atoms with Crippen LogP contribution in [0.1, 0.15) is 30.4 Å². The summed E-state index contributed by atoms with van der Waals surface area (Å²) < 4.78 is 1.18. The molecule has 1 aliphatic rings. The van der Waals surface area contributed by atoms with Gasteiger partial charge in [-0.2, -0.15) is 0 Å². The van der Waals surface area contributed by atoms with Gasteiger partial charge in [0.2, 0.25) is 0 Å². The lowest BCUT2D eigenvalue weighted by molar-refractivity contribution is 0.337. The maximum Gasteiger partial charge on any atom is 0.0514 e. The zero-order valence-corrected chi connectivity index (χ0v) is 13.0. The topological polar surface area (TPSA) is 15.3 Å². The number of nitrogens with zero attached hydrogens (tertiary/aromatic N) is 1. The quantitative estimate of drug-likeness (QED) is 0.828. The minimum absolute atomic E-state index is 1.05. The van der Waals surface area contributed by atoms with Crippen LogP contribution >= 0.6 is 15.9 Å². The van der Waals surface area contributed by atoms with Gasteiger partial charge in [0.25, 0.3) is 0 Å². The highest BCUT2D eigenvalue weighted by molar-refractivity contribution is 9.10. The zero-order chi connectivity index (χ0) is 13.0. The van der Waals surface area contributed by atoms with E-state index in [1.807, 2.05) is 0 Å². The van der Waals surface area contributed by atoms with Gasteiger partial charge in [-0.05, 0) is 85.9 Å². The highest BCUT2D eigenvalue weighted by Gasteiger charge is 2.10. The maximum absolute atomic E-state index is 3.64. The van der Waals surface area contributed by atoms with Crippen molar-refractivity contribution in [2.24, 2.45) is 0 Å². The molecular weight excluding hydrogens is 288 g/mol. The summed E-state index contributed by atoms with van der Waals surface area (Å²) in [5, 5.41) is 3.56. The molecule has 18 heavy (non-hydrogen) atoms. The van der Waals surface area contributed by atoms with E-state index in [1.165, 1.54) is 60.2 Å². The summed E-state index contributed by atoms with van der Waals surface area (Å²) in [5.41, 5.74) is 3.88. The van der Waals surface area contributed by atoms with Gasteiger partial charge in [-0.1, -0.05) is 6.07 Å². The second kappa shape index (κ2) is 6.58. The zero-order valence-electron chi connectivity index (χ0n) is 11.4. The van der Waals surface area contributed by atoms with Crippen LogP contribution in [0.15, 0.2) is 16.6 Å². The summed E-state index contributed by atoms with van der Waals surface area (Å²) in [6.45, 7) is 9.19. The molecule has 0 radical (unpaired) electrons. The van der Waals surface area contributed by atoms with Crippen LogP contribution in [0.5, 0.6) is 0 Å². The molecule has 0 spiro atoms. The number of rotatable bonds is 5. The molecule has 1 aromatic carbocycles. The Labute approximate surface area is 119 Å². The van der Waals surface area contributed by atoms with Gasteiger partial charge >= 0.3 is 0 Å². The van der Waals surface area contributed by atoms with Crippen LogP contribution in [0, 0.1) is 13.8 Å². The van der Waals surface area contributed by atoms with Crippen LogP contribution in [0.4, 0.5) is 5.69 Å². The molecule has 2 nitrogen and oxygen atoms in total. The molecule has 0 bridgehead atoms. The first-order valence-corrected chi connectivity index (χ1v) is 7.69. The van der Waals surface area contributed by atoms with E-state index in [1.54, 1.807) is 0 Å². The van der Waals surface area contributed by atoms with Crippen LogP contribution in [0.25, 0.3) is 0 Å². The largest absolute Gasteiger partial charge is 0.384 e. The summed E-state index contributed by atoms with van der Waals surface area (Å²) in [4.78, 5) is 2.57. The molecular formula is C15H23BrN2. The van der Waals surface area contributed by atoms with Crippen LogP contribution in [0.2, 0.25) is 0 Å². The Balaban J connectivity index is 1.79. The molecule has 0 aliphatic carbocycles. The van der Waals surface area contributed by atoms with Crippen LogP contribution in [-0.2, 0) is 0 Å². The lowest BCUT2D eigenvalue weighted by Gasteiger charge is -2.16. The fourth-order valence-corrected chi connectivity index (χ4v) is 3.48. The lowest BCUT2D eigenvalue weighted by atomic mass is 10.1. The fraction of sp³-hybridized carbons (Fsp3) is 0.600. The molecule has 0 amide bonds. The van der Waals surface area contributed by atoms with Gasteiger partial charge in [0.1, 0.15) is 0 Å². The highest BCUT2D eigenvalue weighted by Crippen LogP contribution is 2.27. The van der Waals surface area contributed by atoms with Crippen molar-refractivity contribution in [1.29, 1.82) is 0 Å². The molecule has 1 heterocycles. The Bertz CT molecular complexity index is 374. The number of aryl methyl sites for hydroxylation is 2. The molecule has 1 fully saturated rings. The summed E-state index contributed by atoms with van der Waals surface area (Å²) in [6, 6.07) is 4.41. The second-order valence-electron chi connectivity index (χ2n) is 5.27. The van der Waals surface area contributed by atoms with E-state index in [2.05, 4.69) is 52.1 Å². The third-order valence-electron chi connectivity index (χ3n) is 3.58. The Morgan fingerprint density at radius 3 is 2.61 bits per heavy atom. The van der Waals surface area contributed by atoms with E-state index in [-0.39, 0.29) is 0 Å². The first-order valence-electron chi connectivity index (χ1n) is 6.90. The number of halogens is 1. The summed E-state index contributed by atoms with van der Waals surface area (Å²) >= 11 is 3.64. The van der Waals surface area contributed by atoms with Gasteiger partial charge in [0.15, 0.2) is 0 Å². The van der Waals surface area contributed by atoms with Gasteiger partial charge < -0.3 is 10.2 Å². The molecule has 2 rings (SSSR count). The molecule has 1 aromatic rings. The molecule has 1 N–H and O–H groups in total. The summed E-state index contributed by atoms with van der Waals surface area (Å²) in [5.74, 6) is 0. The lowest BCUT2D eigenvalue weighted by Crippen LogP contribution is -2.22. The van der Waals surface area contributed by atoms with Crippen LogP contribution in [-0.4, -0.2) is 31.1 Å². The predicted molar refractivity (Wildman–Crippen MR) is 82.4 cm³/mol. The minimum atomic E-state index is 1.05. The minimum Gasteiger partial charge on any atom is -0.384 e. The van der Waals surface area contributed by atoms with E-state index in [9.17, 15) is 0 Å². The molecule has 1 saturated heterocycles. The van der Waals surface area contributed by atoms with Crippen LogP contribution in [0.3, 0.4) is 0 Å². The Hall–Kier alpha value is -0.540. The van der Waals surface area contributed by atoms with Gasteiger partial charge in [0.05, 0.1) is 5.69 Å². The Morgan fingerprint density at radius 1 is 1.22 bits per heavy atom. The van der Waals surface area contributed by atoms with E-state index >= 15 is 0 Å². The Morgan fingerprint density at radius 2 is 1.94 bits per heavy atom. The van der Waals surface area contributed by atoms with Gasteiger partial charge in [-0.15, -0.1) is 0 Å². The maximum atomic E-state index is 3.64. The van der Waals surface area contributed by atoms with Crippen molar-refractivity contribution in [2.75, 3.05) is 31.5 Å². The molecule has 1 aliphatic heterocycles. The van der Waals surface area contributed by atoms with Gasteiger partial charge in [-0.25, -0.2) is 0 Å². The van der Waals surface area contributed by atoms with Crippen molar-refractivity contribution in [1.82, 2.24) is 4.90 Å². The molecule has 0 unspecified atom stereocenters. The first-order chi connectivity index (χ1) is 8.66. The van der Waals surface area contributed by atoms with E-state index < -0.39 is 0 Å². The first kappa shape index (κ1) is 13.9. The van der Waals surface area contributed by atoms with E-state index in [4.69, 9.17) is 0 Å². The molecule has 0 saturated carbocycles. The molecule has 0 atom stereocenters. The van der Waals surface area contributed by atoms with Crippen molar-refractivity contribution in [3.63, 3.8) is 0 Å². The number of hydrogen-bond donors (Lipinski definition) is 1. The van der Waals surface area contributed by atoms with E-state index in [0.717, 1.165) is 6.54 Å². The van der Waals surface area contributed by atoms with Crippen molar-refractivity contribution in [3.05, 3.63) is 27.7 Å². The van der Waals surface area contributed by atoms with Gasteiger partial charge in [-0.3, -0.25) is 0 Å². The second-order valence-corrected chi connectivity index (χ2v) is 6.12. The third kappa shape index (κ3) is 3.72. The van der Waals surface area contributed by atoms with Crippen molar-refractivity contribution >= 4 is 21.6 Å². The summed E-state index contributed by atoms with van der Waals surface area (Å²) in [6.07, 6.45) is 3.99. The number of likely N-dealkylation sites (tertiary alicyclic amines) is 1. The SMILES string of the molecule is Cc1cc(C)c(NCCCN2CCCC2)c(Br)c1.